The number of hydrogen-bond acceptors (Lipinski definition) is 3. The zero-order chi connectivity index (χ0) is 19.1. The molecule has 2 aromatic heterocycles. The third kappa shape index (κ3) is 4.67. The monoisotopic (exact) mass is 365 g/mol. The van der Waals surface area contributed by atoms with Crippen molar-refractivity contribution in [2.75, 3.05) is 11.9 Å². The molecule has 0 fully saturated rings. The van der Waals surface area contributed by atoms with Crippen molar-refractivity contribution in [1.82, 2.24) is 9.38 Å². The summed E-state index contributed by atoms with van der Waals surface area (Å²) in [7, 11) is 0. The molecule has 1 N–H and O–H groups in total. The number of carbonyl (C=O) groups is 1. The van der Waals surface area contributed by atoms with E-state index < -0.39 is 0 Å². The molecule has 0 unspecified atom stereocenters. The maximum Gasteiger partial charge on any atom is 0.274 e. The van der Waals surface area contributed by atoms with Crippen LogP contribution in [0.4, 0.5) is 5.69 Å². The van der Waals surface area contributed by atoms with Gasteiger partial charge in [-0.15, -0.1) is 0 Å². The summed E-state index contributed by atoms with van der Waals surface area (Å²) in [6.07, 6.45) is 7.31. The molecule has 1 amide bonds. The molecule has 0 aliphatic carbocycles. The molecule has 5 nitrogen and oxygen atoms in total. The SMILES string of the molecule is CCCCCCOc1ccc(NC(=O)c2c(CC)nc3ccccn23)cc1. The highest BCUT2D eigenvalue weighted by Crippen LogP contribution is 2.19. The third-order valence-electron chi connectivity index (χ3n) is 4.53. The van der Waals surface area contributed by atoms with Gasteiger partial charge in [-0.2, -0.15) is 0 Å². The van der Waals surface area contributed by atoms with Gasteiger partial charge in [0.15, 0.2) is 0 Å². The van der Waals surface area contributed by atoms with Crippen LogP contribution in [0.25, 0.3) is 5.65 Å². The number of ether oxygens (including phenoxy) is 1. The number of amides is 1. The van der Waals surface area contributed by atoms with Gasteiger partial charge < -0.3 is 10.1 Å². The molecular formula is C22H27N3O2. The van der Waals surface area contributed by atoms with Crippen molar-refractivity contribution >= 4 is 17.2 Å². The van der Waals surface area contributed by atoms with Gasteiger partial charge in [0.2, 0.25) is 0 Å². The first-order valence-electron chi connectivity index (χ1n) is 9.73. The van der Waals surface area contributed by atoms with Crippen LogP contribution in [0.5, 0.6) is 5.75 Å². The quantitative estimate of drug-likeness (QED) is 0.536. The summed E-state index contributed by atoms with van der Waals surface area (Å²) in [6.45, 7) is 4.93. The summed E-state index contributed by atoms with van der Waals surface area (Å²) in [5.41, 5.74) is 2.91. The fourth-order valence-electron chi connectivity index (χ4n) is 3.08. The molecule has 27 heavy (non-hydrogen) atoms. The highest BCUT2D eigenvalue weighted by molar-refractivity contribution is 6.04. The number of nitrogens with one attached hydrogen (secondary N) is 1. The smallest absolute Gasteiger partial charge is 0.274 e. The molecule has 0 saturated heterocycles. The summed E-state index contributed by atoms with van der Waals surface area (Å²) in [5.74, 6) is 0.673. The minimum Gasteiger partial charge on any atom is -0.494 e. The van der Waals surface area contributed by atoms with Crippen LogP contribution in [0.15, 0.2) is 48.7 Å². The van der Waals surface area contributed by atoms with Gasteiger partial charge in [-0.1, -0.05) is 39.2 Å². The van der Waals surface area contributed by atoms with E-state index in [2.05, 4.69) is 17.2 Å². The van der Waals surface area contributed by atoms with Gasteiger partial charge in [-0.3, -0.25) is 9.20 Å². The molecule has 0 bridgehead atoms. The lowest BCUT2D eigenvalue weighted by Gasteiger charge is -2.09. The maximum atomic E-state index is 12.8. The summed E-state index contributed by atoms with van der Waals surface area (Å²) in [6, 6.07) is 13.3. The van der Waals surface area contributed by atoms with Gasteiger partial charge >= 0.3 is 0 Å². The number of carbonyl (C=O) groups excluding carboxylic acids is 1. The second-order valence-corrected chi connectivity index (χ2v) is 6.58. The molecule has 0 spiro atoms. The maximum absolute atomic E-state index is 12.8. The summed E-state index contributed by atoms with van der Waals surface area (Å²) >= 11 is 0. The van der Waals surface area contributed by atoms with E-state index in [0.29, 0.717) is 12.1 Å². The van der Waals surface area contributed by atoms with Crippen LogP contribution < -0.4 is 10.1 Å². The average molecular weight is 365 g/mol. The van der Waals surface area contributed by atoms with Crippen LogP contribution in [0, 0.1) is 0 Å². The number of anilines is 1. The van der Waals surface area contributed by atoms with Crippen molar-refractivity contribution in [2.45, 2.75) is 46.0 Å². The second kappa shape index (κ2) is 9.21. The Balaban J connectivity index is 1.65. The van der Waals surface area contributed by atoms with E-state index in [1.807, 2.05) is 60.0 Å². The average Bonchev–Trinajstić information content (AvgIpc) is 3.08. The Kier molecular flexibility index (Phi) is 6.47. The first-order valence-corrected chi connectivity index (χ1v) is 9.73. The Morgan fingerprint density at radius 1 is 1.07 bits per heavy atom. The lowest BCUT2D eigenvalue weighted by atomic mass is 10.2. The van der Waals surface area contributed by atoms with E-state index in [1.54, 1.807) is 0 Å². The predicted octanol–water partition coefficient (Wildman–Crippen LogP) is 5.11. The number of unbranched alkanes of at least 4 members (excludes halogenated alkanes) is 3. The number of aromatic nitrogens is 2. The number of rotatable bonds is 9. The molecule has 0 atom stereocenters. The van der Waals surface area contributed by atoms with Crippen LogP contribution in [0.2, 0.25) is 0 Å². The fourth-order valence-corrected chi connectivity index (χ4v) is 3.08. The predicted molar refractivity (Wildman–Crippen MR) is 109 cm³/mol. The Morgan fingerprint density at radius 3 is 2.63 bits per heavy atom. The van der Waals surface area contributed by atoms with Gasteiger partial charge in [0.05, 0.1) is 12.3 Å². The Labute approximate surface area is 160 Å². The molecule has 3 aromatic rings. The third-order valence-corrected chi connectivity index (χ3v) is 4.53. The van der Waals surface area contributed by atoms with Gasteiger partial charge in [0, 0.05) is 11.9 Å². The van der Waals surface area contributed by atoms with Crippen molar-refractivity contribution in [2.24, 2.45) is 0 Å². The van der Waals surface area contributed by atoms with Gasteiger partial charge in [0.25, 0.3) is 5.91 Å². The van der Waals surface area contributed by atoms with Crippen molar-refractivity contribution < 1.29 is 9.53 Å². The lowest BCUT2D eigenvalue weighted by molar-refractivity contribution is 0.102. The van der Waals surface area contributed by atoms with Crippen molar-refractivity contribution in [3.05, 3.63) is 60.0 Å². The number of nitrogens with zero attached hydrogens (tertiary/aromatic N) is 2. The first kappa shape index (κ1) is 19.0. The lowest BCUT2D eigenvalue weighted by Crippen LogP contribution is -2.16. The Bertz CT molecular complexity index is 884. The van der Waals surface area contributed by atoms with E-state index in [0.717, 1.165) is 35.8 Å². The van der Waals surface area contributed by atoms with Crippen LogP contribution in [-0.4, -0.2) is 21.9 Å². The van der Waals surface area contributed by atoms with Gasteiger partial charge in [-0.05, 0) is 49.2 Å². The highest BCUT2D eigenvalue weighted by Gasteiger charge is 2.18. The van der Waals surface area contributed by atoms with E-state index in [1.165, 1.54) is 19.3 Å². The number of pyridine rings is 1. The number of hydrogen-bond donors (Lipinski definition) is 1. The molecule has 1 aromatic carbocycles. The number of fused-ring (bicyclic) bond motifs is 1. The van der Waals surface area contributed by atoms with E-state index in [-0.39, 0.29) is 5.91 Å². The van der Waals surface area contributed by atoms with E-state index in [4.69, 9.17) is 4.74 Å². The van der Waals surface area contributed by atoms with Crippen molar-refractivity contribution in [3.63, 3.8) is 0 Å². The zero-order valence-electron chi connectivity index (χ0n) is 16.1. The van der Waals surface area contributed by atoms with Crippen LogP contribution in [0.1, 0.15) is 55.7 Å². The fraction of sp³-hybridized carbons (Fsp3) is 0.364. The minimum atomic E-state index is -0.154. The van der Waals surface area contributed by atoms with Crippen LogP contribution >= 0.6 is 0 Å². The van der Waals surface area contributed by atoms with E-state index >= 15 is 0 Å². The molecule has 142 valence electrons. The van der Waals surface area contributed by atoms with Gasteiger partial charge in [0.1, 0.15) is 17.1 Å². The number of aryl methyl sites for hydroxylation is 1. The highest BCUT2D eigenvalue weighted by atomic mass is 16.5. The van der Waals surface area contributed by atoms with Crippen molar-refractivity contribution in [3.8, 4) is 5.75 Å². The zero-order valence-corrected chi connectivity index (χ0v) is 16.1. The molecule has 5 heteroatoms. The normalized spacial score (nSPS) is 10.9. The molecule has 0 aliphatic heterocycles. The largest absolute Gasteiger partial charge is 0.494 e. The standard InChI is InChI=1S/C22H27N3O2/c1-3-5-6-9-16-27-18-13-11-17(12-14-18)23-22(26)21-19(4-2)24-20-10-7-8-15-25(20)21/h7-8,10-15H,3-6,9,16H2,1-2H3,(H,23,26). The van der Waals surface area contributed by atoms with Crippen LogP contribution in [-0.2, 0) is 6.42 Å². The topological polar surface area (TPSA) is 55.6 Å². The molecular weight excluding hydrogens is 338 g/mol. The van der Waals surface area contributed by atoms with Crippen molar-refractivity contribution in [1.29, 1.82) is 0 Å². The minimum absolute atomic E-state index is 0.154. The summed E-state index contributed by atoms with van der Waals surface area (Å²) < 4.78 is 7.59. The summed E-state index contributed by atoms with van der Waals surface area (Å²) in [4.78, 5) is 17.4. The van der Waals surface area contributed by atoms with Crippen LogP contribution in [0.3, 0.4) is 0 Å². The Hall–Kier alpha value is -2.82. The number of imidazole rings is 1. The Morgan fingerprint density at radius 2 is 1.89 bits per heavy atom. The van der Waals surface area contributed by atoms with Gasteiger partial charge in [-0.25, -0.2) is 4.98 Å². The van der Waals surface area contributed by atoms with E-state index in [9.17, 15) is 4.79 Å². The molecule has 3 rings (SSSR count). The second-order valence-electron chi connectivity index (χ2n) is 6.58. The number of benzene rings is 1. The summed E-state index contributed by atoms with van der Waals surface area (Å²) in [5, 5.41) is 2.97. The molecule has 0 radical (unpaired) electrons. The first-order chi connectivity index (χ1) is 13.2. The molecule has 2 heterocycles. The molecule has 0 saturated carbocycles. The molecule has 0 aliphatic rings.